The fraction of sp³-hybridized carbons (Fsp3) is 1.00. The highest BCUT2D eigenvalue weighted by atomic mass is 32.2. The van der Waals surface area contributed by atoms with E-state index in [1.165, 1.54) is 0 Å². The Morgan fingerprint density at radius 3 is 2.21 bits per heavy atom. The molecule has 0 aliphatic carbocycles. The normalized spacial score (nSPS) is 12.7. The van der Waals surface area contributed by atoms with Crippen LogP contribution < -0.4 is 0 Å². The lowest BCUT2D eigenvalue weighted by molar-refractivity contribution is 0.326. The summed E-state index contributed by atoms with van der Waals surface area (Å²) in [6.07, 6.45) is 1.13. The molecule has 0 atom stereocenters. The van der Waals surface area contributed by atoms with Crippen molar-refractivity contribution in [2.75, 3.05) is 31.6 Å². The fourth-order valence-corrected chi connectivity index (χ4v) is 1.91. The third-order valence-electron chi connectivity index (χ3n) is 2.31. The Labute approximate surface area is 88.4 Å². The van der Waals surface area contributed by atoms with Gasteiger partial charge < -0.3 is 4.90 Å². The lowest BCUT2D eigenvalue weighted by atomic mass is 10.1. The molecule has 0 aromatic rings. The van der Waals surface area contributed by atoms with Crippen molar-refractivity contribution in [2.45, 2.75) is 27.2 Å². The van der Waals surface area contributed by atoms with Gasteiger partial charge in [-0.3, -0.25) is 0 Å². The molecule has 0 unspecified atom stereocenters. The Morgan fingerprint density at radius 1 is 1.21 bits per heavy atom. The molecule has 0 bridgehead atoms. The average Bonchev–Trinajstić information content (AvgIpc) is 2.11. The van der Waals surface area contributed by atoms with Crippen LogP contribution in [0.25, 0.3) is 0 Å². The third-order valence-corrected chi connectivity index (χ3v) is 4.00. The van der Waals surface area contributed by atoms with E-state index in [1.807, 2.05) is 7.05 Å². The van der Waals surface area contributed by atoms with Crippen molar-refractivity contribution in [2.24, 2.45) is 5.92 Å². The van der Waals surface area contributed by atoms with Crippen LogP contribution in [-0.2, 0) is 9.84 Å². The highest BCUT2D eigenvalue weighted by Gasteiger charge is 2.09. The highest BCUT2D eigenvalue weighted by Crippen LogP contribution is 2.01. The second kappa shape index (κ2) is 6.40. The molecular formula is C10H23NO2S. The molecule has 0 N–H and O–H groups in total. The van der Waals surface area contributed by atoms with Crippen molar-refractivity contribution >= 4 is 9.84 Å². The van der Waals surface area contributed by atoms with Crippen LogP contribution in [0.2, 0.25) is 0 Å². The van der Waals surface area contributed by atoms with Gasteiger partial charge in [0, 0.05) is 12.3 Å². The van der Waals surface area contributed by atoms with Gasteiger partial charge in [-0.25, -0.2) is 8.42 Å². The molecule has 86 valence electrons. The maximum Gasteiger partial charge on any atom is 0.151 e. The summed E-state index contributed by atoms with van der Waals surface area (Å²) in [6.45, 7) is 7.69. The van der Waals surface area contributed by atoms with Crippen molar-refractivity contribution in [3.8, 4) is 0 Å². The predicted molar refractivity (Wildman–Crippen MR) is 61.3 cm³/mol. The Balaban J connectivity index is 3.69. The van der Waals surface area contributed by atoms with E-state index in [9.17, 15) is 8.42 Å². The number of hydrogen-bond donors (Lipinski definition) is 0. The van der Waals surface area contributed by atoms with E-state index in [1.54, 1.807) is 6.92 Å². The van der Waals surface area contributed by atoms with Crippen molar-refractivity contribution in [3.63, 3.8) is 0 Å². The van der Waals surface area contributed by atoms with Gasteiger partial charge in [0.1, 0.15) is 0 Å². The van der Waals surface area contributed by atoms with Crippen LogP contribution in [0.5, 0.6) is 0 Å². The molecule has 0 aromatic heterocycles. The van der Waals surface area contributed by atoms with Gasteiger partial charge in [-0.05, 0) is 25.9 Å². The average molecular weight is 221 g/mol. The summed E-state index contributed by atoms with van der Waals surface area (Å²) in [5.74, 6) is 1.23. The van der Waals surface area contributed by atoms with Gasteiger partial charge >= 0.3 is 0 Å². The molecule has 0 radical (unpaired) electrons. The molecule has 0 spiro atoms. The lowest BCUT2D eigenvalue weighted by Crippen LogP contribution is -2.27. The molecule has 0 aliphatic heterocycles. The maximum absolute atomic E-state index is 11.2. The van der Waals surface area contributed by atoms with E-state index < -0.39 is 9.84 Å². The first-order chi connectivity index (χ1) is 6.37. The summed E-state index contributed by atoms with van der Waals surface area (Å²) >= 11 is 0. The van der Waals surface area contributed by atoms with Crippen LogP contribution in [0, 0.1) is 5.92 Å². The molecule has 3 nitrogen and oxygen atoms in total. The van der Waals surface area contributed by atoms with E-state index in [2.05, 4.69) is 18.7 Å². The van der Waals surface area contributed by atoms with Gasteiger partial charge in [0.25, 0.3) is 0 Å². The topological polar surface area (TPSA) is 37.4 Å². The highest BCUT2D eigenvalue weighted by molar-refractivity contribution is 7.91. The van der Waals surface area contributed by atoms with Gasteiger partial charge in [0.15, 0.2) is 9.84 Å². The van der Waals surface area contributed by atoms with Crippen molar-refractivity contribution in [1.82, 2.24) is 4.90 Å². The second-order valence-electron chi connectivity index (χ2n) is 4.22. The van der Waals surface area contributed by atoms with Gasteiger partial charge in [0.05, 0.1) is 5.75 Å². The molecule has 14 heavy (non-hydrogen) atoms. The first-order valence-corrected chi connectivity index (χ1v) is 7.08. The van der Waals surface area contributed by atoms with Crippen LogP contribution in [0.3, 0.4) is 0 Å². The van der Waals surface area contributed by atoms with E-state index in [0.717, 1.165) is 13.0 Å². The lowest BCUT2D eigenvalue weighted by Gasteiger charge is -2.17. The number of hydrogen-bond acceptors (Lipinski definition) is 3. The largest absolute Gasteiger partial charge is 0.305 e. The summed E-state index contributed by atoms with van der Waals surface area (Å²) in [4.78, 5) is 2.09. The van der Waals surface area contributed by atoms with E-state index >= 15 is 0 Å². The second-order valence-corrected chi connectivity index (χ2v) is 6.69. The Bertz CT molecular complexity index is 235. The minimum atomic E-state index is -2.79. The fourth-order valence-electron chi connectivity index (χ4n) is 1.03. The SMILES string of the molecule is CCS(=O)(=O)CCN(C)CCC(C)C. The predicted octanol–water partition coefficient (Wildman–Crippen LogP) is 1.40. The van der Waals surface area contributed by atoms with Crippen LogP contribution in [0.15, 0.2) is 0 Å². The Hall–Kier alpha value is -0.0900. The van der Waals surface area contributed by atoms with Crippen molar-refractivity contribution < 1.29 is 8.42 Å². The van der Waals surface area contributed by atoms with E-state index in [4.69, 9.17) is 0 Å². The Kier molecular flexibility index (Phi) is 6.36. The molecule has 0 rings (SSSR count). The van der Waals surface area contributed by atoms with Crippen molar-refractivity contribution in [1.29, 1.82) is 0 Å². The van der Waals surface area contributed by atoms with Crippen molar-refractivity contribution in [3.05, 3.63) is 0 Å². The van der Waals surface area contributed by atoms with Gasteiger partial charge in [-0.15, -0.1) is 0 Å². The molecule has 0 fully saturated rings. The molecule has 0 aromatic carbocycles. The molecule has 0 heterocycles. The first-order valence-electron chi connectivity index (χ1n) is 5.26. The molecule has 4 heteroatoms. The van der Waals surface area contributed by atoms with Crippen LogP contribution in [0.4, 0.5) is 0 Å². The zero-order valence-corrected chi connectivity index (χ0v) is 10.6. The molecule has 0 saturated carbocycles. The van der Waals surface area contributed by atoms with Crippen LogP contribution in [0.1, 0.15) is 27.2 Å². The van der Waals surface area contributed by atoms with Gasteiger partial charge in [0.2, 0.25) is 0 Å². The van der Waals surface area contributed by atoms with Gasteiger partial charge in [-0.1, -0.05) is 20.8 Å². The van der Waals surface area contributed by atoms with Gasteiger partial charge in [-0.2, -0.15) is 0 Å². The monoisotopic (exact) mass is 221 g/mol. The van der Waals surface area contributed by atoms with E-state index in [-0.39, 0.29) is 11.5 Å². The summed E-state index contributed by atoms with van der Waals surface area (Å²) in [5.41, 5.74) is 0. The number of sulfone groups is 1. The van der Waals surface area contributed by atoms with Crippen LogP contribution in [-0.4, -0.2) is 45.0 Å². The summed E-state index contributed by atoms with van der Waals surface area (Å²) in [6, 6.07) is 0. The first kappa shape index (κ1) is 13.9. The molecular weight excluding hydrogens is 198 g/mol. The summed E-state index contributed by atoms with van der Waals surface area (Å²) < 4.78 is 22.4. The summed E-state index contributed by atoms with van der Waals surface area (Å²) in [7, 11) is -0.815. The standard InChI is InChI=1S/C10H23NO2S/c1-5-14(12,13)9-8-11(4)7-6-10(2)3/h10H,5-9H2,1-4H3. The summed E-state index contributed by atoms with van der Waals surface area (Å²) in [5, 5.41) is 0. The maximum atomic E-state index is 11.2. The van der Waals surface area contributed by atoms with Crippen LogP contribution >= 0.6 is 0 Å². The smallest absolute Gasteiger partial charge is 0.151 e. The quantitative estimate of drug-likeness (QED) is 0.652. The zero-order valence-electron chi connectivity index (χ0n) is 9.78. The zero-order chi connectivity index (χ0) is 11.2. The Morgan fingerprint density at radius 2 is 1.79 bits per heavy atom. The minimum absolute atomic E-state index is 0.255. The minimum Gasteiger partial charge on any atom is -0.305 e. The molecule has 0 amide bonds. The number of nitrogens with zero attached hydrogens (tertiary/aromatic N) is 1. The third kappa shape index (κ3) is 7.33. The molecule has 0 aliphatic rings. The number of rotatable bonds is 7. The molecule has 0 saturated heterocycles. The van der Waals surface area contributed by atoms with E-state index in [0.29, 0.717) is 12.5 Å².